The van der Waals surface area contributed by atoms with Crippen LogP contribution in [0.15, 0.2) is 47.8 Å². The molecule has 0 bridgehead atoms. The summed E-state index contributed by atoms with van der Waals surface area (Å²) < 4.78 is 0. The van der Waals surface area contributed by atoms with E-state index in [9.17, 15) is 4.79 Å². The van der Waals surface area contributed by atoms with Crippen LogP contribution >= 0.6 is 11.3 Å². The molecule has 1 amide bonds. The number of nitrogens with zero attached hydrogens (tertiary/aromatic N) is 3. The third-order valence-corrected chi connectivity index (χ3v) is 3.89. The van der Waals surface area contributed by atoms with Gasteiger partial charge in [0, 0.05) is 16.8 Å². The van der Waals surface area contributed by atoms with Crippen LogP contribution in [0.25, 0.3) is 0 Å². The molecule has 0 saturated carbocycles. The number of benzene rings is 1. The van der Waals surface area contributed by atoms with Gasteiger partial charge in [-0.25, -0.2) is 9.97 Å². The van der Waals surface area contributed by atoms with Crippen molar-refractivity contribution in [3.05, 3.63) is 64.8 Å². The molecule has 3 aromatic rings. The Hall–Kier alpha value is -3.24. The van der Waals surface area contributed by atoms with Gasteiger partial charge in [-0.05, 0) is 43.3 Å². The Morgan fingerprint density at radius 3 is 2.67 bits per heavy atom. The minimum absolute atomic E-state index is 0.304. The number of pyridine rings is 1. The van der Waals surface area contributed by atoms with Crippen LogP contribution in [-0.2, 0) is 0 Å². The predicted octanol–water partition coefficient (Wildman–Crippen LogP) is 3.71. The van der Waals surface area contributed by atoms with E-state index in [1.54, 1.807) is 29.6 Å². The Balaban J connectivity index is 1.68. The number of carbonyl (C=O) groups excluding carboxylic acids is 1. The Morgan fingerprint density at radius 1 is 1.17 bits per heavy atom. The number of carbonyl (C=O) groups is 1. The lowest BCUT2D eigenvalue weighted by atomic mass is 10.2. The summed E-state index contributed by atoms with van der Waals surface area (Å²) in [6.45, 7) is 1.91. The molecule has 0 saturated heterocycles. The number of aromatic nitrogens is 2. The first-order valence-corrected chi connectivity index (χ1v) is 8.00. The van der Waals surface area contributed by atoms with Gasteiger partial charge in [0.25, 0.3) is 5.91 Å². The maximum atomic E-state index is 12.2. The molecule has 0 radical (unpaired) electrons. The van der Waals surface area contributed by atoms with E-state index in [1.165, 1.54) is 11.3 Å². The van der Waals surface area contributed by atoms with Crippen LogP contribution < -0.4 is 10.6 Å². The van der Waals surface area contributed by atoms with Crippen molar-refractivity contribution in [2.75, 3.05) is 10.6 Å². The van der Waals surface area contributed by atoms with E-state index in [4.69, 9.17) is 5.26 Å². The lowest BCUT2D eigenvalue weighted by Gasteiger charge is -2.03. The van der Waals surface area contributed by atoms with Crippen LogP contribution in [0.2, 0.25) is 0 Å². The zero-order valence-electron chi connectivity index (χ0n) is 12.8. The Morgan fingerprint density at radius 2 is 1.96 bits per heavy atom. The van der Waals surface area contributed by atoms with Crippen LogP contribution in [0, 0.1) is 18.3 Å². The predicted molar refractivity (Wildman–Crippen MR) is 93.5 cm³/mol. The molecular formula is C17H13N5OS. The summed E-state index contributed by atoms with van der Waals surface area (Å²) >= 11 is 1.33. The van der Waals surface area contributed by atoms with Crippen molar-refractivity contribution in [1.82, 2.24) is 9.97 Å². The number of anilines is 3. The van der Waals surface area contributed by atoms with Crippen LogP contribution in [0.3, 0.4) is 0 Å². The molecule has 6 nitrogen and oxygen atoms in total. The monoisotopic (exact) mass is 335 g/mol. The van der Waals surface area contributed by atoms with Gasteiger partial charge in [-0.2, -0.15) is 5.26 Å². The standard InChI is InChI=1S/C17H13N5OS/c1-11-3-2-4-15(19-11)22-17-21-14(10-24-17)16(23)20-13-7-5-12(9-18)6-8-13/h2-8,10H,1H3,(H,20,23)(H,19,21,22). The van der Waals surface area contributed by atoms with Gasteiger partial charge in [-0.15, -0.1) is 11.3 Å². The van der Waals surface area contributed by atoms with Gasteiger partial charge >= 0.3 is 0 Å². The zero-order valence-corrected chi connectivity index (χ0v) is 13.6. The van der Waals surface area contributed by atoms with Gasteiger partial charge in [0.2, 0.25) is 0 Å². The van der Waals surface area contributed by atoms with Crippen molar-refractivity contribution in [2.24, 2.45) is 0 Å². The highest BCUT2D eigenvalue weighted by Gasteiger charge is 2.11. The van der Waals surface area contributed by atoms with Crippen molar-refractivity contribution in [2.45, 2.75) is 6.92 Å². The number of nitrogens with one attached hydrogen (secondary N) is 2. The highest BCUT2D eigenvalue weighted by molar-refractivity contribution is 7.14. The number of hydrogen-bond acceptors (Lipinski definition) is 6. The molecule has 2 aromatic heterocycles. The number of amides is 1. The average molecular weight is 335 g/mol. The smallest absolute Gasteiger partial charge is 0.275 e. The van der Waals surface area contributed by atoms with E-state index in [2.05, 4.69) is 20.6 Å². The average Bonchev–Trinajstić information content (AvgIpc) is 3.04. The number of aryl methyl sites for hydroxylation is 1. The maximum Gasteiger partial charge on any atom is 0.275 e. The van der Waals surface area contributed by atoms with Gasteiger partial charge < -0.3 is 10.6 Å². The van der Waals surface area contributed by atoms with Crippen molar-refractivity contribution in [3.8, 4) is 6.07 Å². The van der Waals surface area contributed by atoms with Crippen LogP contribution in [0.1, 0.15) is 21.7 Å². The highest BCUT2D eigenvalue weighted by atomic mass is 32.1. The van der Waals surface area contributed by atoms with Crippen molar-refractivity contribution in [3.63, 3.8) is 0 Å². The number of rotatable bonds is 4. The third kappa shape index (κ3) is 3.74. The molecule has 0 spiro atoms. The van der Waals surface area contributed by atoms with Gasteiger partial charge in [-0.1, -0.05) is 6.07 Å². The molecule has 1 aromatic carbocycles. The molecule has 118 valence electrons. The van der Waals surface area contributed by atoms with Gasteiger partial charge in [0.05, 0.1) is 11.6 Å². The van der Waals surface area contributed by atoms with Gasteiger partial charge in [-0.3, -0.25) is 4.79 Å². The molecule has 2 N–H and O–H groups in total. The molecule has 0 aliphatic heterocycles. The summed E-state index contributed by atoms with van der Waals surface area (Å²) in [5.41, 5.74) is 2.37. The van der Waals surface area contributed by atoms with Crippen LogP contribution in [0.5, 0.6) is 0 Å². The number of nitriles is 1. The molecule has 2 heterocycles. The summed E-state index contributed by atoms with van der Waals surface area (Å²) in [7, 11) is 0. The van der Waals surface area contributed by atoms with Gasteiger partial charge in [0.1, 0.15) is 11.5 Å². The lowest BCUT2D eigenvalue weighted by molar-refractivity contribution is 0.102. The Bertz CT molecular complexity index is 911. The normalized spacial score (nSPS) is 10.0. The van der Waals surface area contributed by atoms with E-state index in [1.807, 2.05) is 31.2 Å². The largest absolute Gasteiger partial charge is 0.321 e. The summed E-state index contributed by atoms with van der Waals surface area (Å²) in [5, 5.41) is 16.9. The number of hydrogen-bond donors (Lipinski definition) is 2. The summed E-state index contributed by atoms with van der Waals surface area (Å²) in [6.07, 6.45) is 0. The first-order chi connectivity index (χ1) is 11.6. The van der Waals surface area contributed by atoms with Crippen molar-refractivity contribution >= 4 is 33.9 Å². The molecule has 0 fully saturated rings. The zero-order chi connectivity index (χ0) is 16.9. The van der Waals surface area contributed by atoms with E-state index in [0.717, 1.165) is 5.69 Å². The maximum absolute atomic E-state index is 12.2. The second-order valence-corrected chi connectivity index (χ2v) is 5.83. The Kier molecular flexibility index (Phi) is 4.50. The lowest BCUT2D eigenvalue weighted by Crippen LogP contribution is -2.12. The third-order valence-electron chi connectivity index (χ3n) is 3.13. The first-order valence-electron chi connectivity index (χ1n) is 7.12. The molecule has 3 rings (SSSR count). The Labute approximate surface area is 142 Å². The number of thiazole rings is 1. The molecule has 0 aliphatic rings. The van der Waals surface area contributed by atoms with E-state index in [-0.39, 0.29) is 5.91 Å². The summed E-state index contributed by atoms with van der Waals surface area (Å²) in [6, 6.07) is 14.3. The quantitative estimate of drug-likeness (QED) is 0.758. The molecule has 0 atom stereocenters. The molecular weight excluding hydrogens is 322 g/mol. The minimum atomic E-state index is -0.304. The minimum Gasteiger partial charge on any atom is -0.321 e. The molecule has 0 unspecified atom stereocenters. The van der Waals surface area contributed by atoms with Crippen molar-refractivity contribution in [1.29, 1.82) is 5.26 Å². The van der Waals surface area contributed by atoms with Crippen LogP contribution in [0.4, 0.5) is 16.6 Å². The summed E-state index contributed by atoms with van der Waals surface area (Å²) in [4.78, 5) is 20.8. The van der Waals surface area contributed by atoms with E-state index < -0.39 is 0 Å². The fraction of sp³-hybridized carbons (Fsp3) is 0.0588. The SMILES string of the molecule is Cc1cccc(Nc2nc(C(=O)Nc3ccc(C#N)cc3)cs2)n1. The molecule has 0 aliphatic carbocycles. The second kappa shape index (κ2) is 6.89. The highest BCUT2D eigenvalue weighted by Crippen LogP contribution is 2.20. The van der Waals surface area contributed by atoms with Crippen molar-refractivity contribution < 1.29 is 4.79 Å². The van der Waals surface area contributed by atoms with Crippen LogP contribution in [-0.4, -0.2) is 15.9 Å². The van der Waals surface area contributed by atoms with Gasteiger partial charge in [0.15, 0.2) is 5.13 Å². The first kappa shape index (κ1) is 15.6. The topological polar surface area (TPSA) is 90.7 Å². The fourth-order valence-electron chi connectivity index (χ4n) is 1.98. The van der Waals surface area contributed by atoms with E-state index >= 15 is 0 Å². The fourth-order valence-corrected chi connectivity index (χ4v) is 2.68. The second-order valence-electron chi connectivity index (χ2n) is 4.97. The summed E-state index contributed by atoms with van der Waals surface area (Å²) in [5.74, 6) is 0.379. The van der Waals surface area contributed by atoms with E-state index in [0.29, 0.717) is 27.9 Å². The molecule has 7 heteroatoms. The molecule has 24 heavy (non-hydrogen) atoms.